The Morgan fingerprint density at radius 3 is 2.56 bits per heavy atom. The molecule has 0 amide bonds. The quantitative estimate of drug-likeness (QED) is 0.571. The Labute approximate surface area is 94.1 Å². The summed E-state index contributed by atoms with van der Waals surface area (Å²) in [5.74, 6) is 1.26. The van der Waals surface area contributed by atoms with E-state index in [0.29, 0.717) is 24.0 Å². The van der Waals surface area contributed by atoms with E-state index in [1.807, 2.05) is 13.8 Å². The largest absolute Gasteiger partial charge is 0.493 e. The lowest BCUT2D eigenvalue weighted by Crippen LogP contribution is -2.05. The summed E-state index contributed by atoms with van der Waals surface area (Å²) in [5.41, 5.74) is -0.000411. The van der Waals surface area contributed by atoms with E-state index >= 15 is 0 Å². The second-order valence-electron chi connectivity index (χ2n) is 3.80. The fraction of sp³-hybridized carbons (Fsp3) is 0.455. The zero-order valence-electron chi connectivity index (χ0n) is 9.60. The lowest BCUT2D eigenvalue weighted by atomic mass is 10.2. The van der Waals surface area contributed by atoms with E-state index in [1.54, 1.807) is 0 Å². The molecule has 0 spiro atoms. The maximum Gasteiger partial charge on any atom is 0.273 e. The molecule has 88 valence electrons. The van der Waals surface area contributed by atoms with Crippen LogP contribution in [0.4, 0.5) is 5.69 Å². The molecule has 0 N–H and O–H groups in total. The molecule has 0 bridgehead atoms. The molecular weight excluding hydrogens is 210 g/mol. The number of hydrogen-bond donors (Lipinski definition) is 0. The Kier molecular flexibility index (Phi) is 4.10. The summed E-state index contributed by atoms with van der Waals surface area (Å²) >= 11 is 0. The van der Waals surface area contributed by atoms with Gasteiger partial charge in [-0.25, -0.2) is 0 Å². The maximum absolute atomic E-state index is 10.6. The van der Waals surface area contributed by atoms with Crippen LogP contribution in [0.1, 0.15) is 13.8 Å². The number of nitro groups is 1. The van der Waals surface area contributed by atoms with E-state index in [1.165, 1.54) is 25.3 Å². The third kappa shape index (κ3) is 3.12. The molecule has 5 nitrogen and oxygen atoms in total. The number of nitrogens with zero attached hydrogens (tertiary/aromatic N) is 1. The van der Waals surface area contributed by atoms with Gasteiger partial charge in [-0.3, -0.25) is 10.1 Å². The number of benzene rings is 1. The highest BCUT2D eigenvalue weighted by atomic mass is 16.6. The molecule has 0 unspecified atom stereocenters. The monoisotopic (exact) mass is 225 g/mol. The highest BCUT2D eigenvalue weighted by molar-refractivity contribution is 5.48. The number of ether oxygens (including phenoxy) is 2. The molecule has 0 saturated heterocycles. The molecule has 0 aliphatic rings. The molecule has 0 saturated carbocycles. The van der Waals surface area contributed by atoms with E-state index in [-0.39, 0.29) is 5.69 Å². The third-order valence-electron chi connectivity index (χ3n) is 1.93. The van der Waals surface area contributed by atoms with Crippen molar-refractivity contribution in [1.82, 2.24) is 0 Å². The van der Waals surface area contributed by atoms with Gasteiger partial charge in [0.25, 0.3) is 5.69 Å². The van der Waals surface area contributed by atoms with Gasteiger partial charge in [0.15, 0.2) is 11.5 Å². The first kappa shape index (κ1) is 12.3. The third-order valence-corrected chi connectivity index (χ3v) is 1.93. The van der Waals surface area contributed by atoms with Crippen molar-refractivity contribution in [3.8, 4) is 11.5 Å². The Morgan fingerprint density at radius 2 is 2.06 bits per heavy atom. The molecule has 0 radical (unpaired) electrons. The minimum Gasteiger partial charge on any atom is -0.493 e. The fourth-order valence-corrected chi connectivity index (χ4v) is 1.15. The van der Waals surface area contributed by atoms with Crippen LogP contribution in [0.15, 0.2) is 18.2 Å². The summed E-state index contributed by atoms with van der Waals surface area (Å²) in [6.45, 7) is 4.51. The van der Waals surface area contributed by atoms with Gasteiger partial charge in [0.1, 0.15) is 0 Å². The number of hydrogen-bond acceptors (Lipinski definition) is 4. The number of nitro benzene ring substituents is 1. The second-order valence-corrected chi connectivity index (χ2v) is 3.80. The van der Waals surface area contributed by atoms with Crippen molar-refractivity contribution in [3.05, 3.63) is 28.3 Å². The van der Waals surface area contributed by atoms with Gasteiger partial charge in [-0.05, 0) is 12.0 Å². The molecule has 0 heterocycles. The molecule has 1 aromatic carbocycles. The molecule has 1 rings (SSSR count). The maximum atomic E-state index is 10.6. The minimum absolute atomic E-state index is 0.000411. The molecule has 5 heteroatoms. The summed E-state index contributed by atoms with van der Waals surface area (Å²) in [4.78, 5) is 10.1. The second kappa shape index (κ2) is 5.34. The van der Waals surface area contributed by atoms with Crippen molar-refractivity contribution >= 4 is 5.69 Å². The Bertz CT molecular complexity index is 376. The minimum atomic E-state index is -0.457. The SMILES string of the molecule is COc1ccc([N+](=O)[O-])cc1OCC(C)C. The predicted molar refractivity (Wildman–Crippen MR) is 60.0 cm³/mol. The molecule has 0 aliphatic carbocycles. The first-order valence-electron chi connectivity index (χ1n) is 4.99. The molecule has 0 aromatic heterocycles. The van der Waals surface area contributed by atoms with Crippen molar-refractivity contribution in [1.29, 1.82) is 0 Å². The molecule has 16 heavy (non-hydrogen) atoms. The van der Waals surface area contributed by atoms with E-state index in [2.05, 4.69) is 0 Å². The highest BCUT2D eigenvalue weighted by Gasteiger charge is 2.12. The number of rotatable bonds is 5. The van der Waals surface area contributed by atoms with Gasteiger partial charge in [-0.15, -0.1) is 0 Å². The lowest BCUT2D eigenvalue weighted by Gasteiger charge is -2.11. The normalized spacial score (nSPS) is 10.2. The molecule has 0 aliphatic heterocycles. The molecule has 0 atom stereocenters. The van der Waals surface area contributed by atoms with Gasteiger partial charge < -0.3 is 9.47 Å². The van der Waals surface area contributed by atoms with Crippen LogP contribution in [0.5, 0.6) is 11.5 Å². The molecule has 0 fully saturated rings. The molecular formula is C11H15NO4. The van der Waals surface area contributed by atoms with Crippen LogP contribution < -0.4 is 9.47 Å². The van der Waals surface area contributed by atoms with E-state index < -0.39 is 4.92 Å². The summed E-state index contributed by atoms with van der Waals surface area (Å²) in [7, 11) is 1.50. The first-order valence-corrected chi connectivity index (χ1v) is 4.99. The van der Waals surface area contributed by atoms with Gasteiger partial charge >= 0.3 is 0 Å². The van der Waals surface area contributed by atoms with Gasteiger partial charge in [0, 0.05) is 6.07 Å². The van der Waals surface area contributed by atoms with Crippen molar-refractivity contribution in [2.45, 2.75) is 13.8 Å². The van der Waals surface area contributed by atoms with Crippen LogP contribution >= 0.6 is 0 Å². The smallest absolute Gasteiger partial charge is 0.273 e. The zero-order valence-corrected chi connectivity index (χ0v) is 9.60. The Morgan fingerprint density at radius 1 is 1.38 bits per heavy atom. The Balaban J connectivity index is 2.93. The van der Waals surface area contributed by atoms with Crippen molar-refractivity contribution in [3.63, 3.8) is 0 Å². The van der Waals surface area contributed by atoms with Crippen LogP contribution in [-0.2, 0) is 0 Å². The van der Waals surface area contributed by atoms with Gasteiger partial charge in [0.2, 0.25) is 0 Å². The Hall–Kier alpha value is -1.78. The van der Waals surface area contributed by atoms with Crippen LogP contribution in [0.2, 0.25) is 0 Å². The summed E-state index contributed by atoms with van der Waals surface area (Å²) in [6, 6.07) is 4.30. The van der Waals surface area contributed by atoms with E-state index in [4.69, 9.17) is 9.47 Å². The average Bonchev–Trinajstić information content (AvgIpc) is 2.25. The highest BCUT2D eigenvalue weighted by Crippen LogP contribution is 2.31. The summed E-state index contributed by atoms with van der Waals surface area (Å²) < 4.78 is 10.5. The number of methoxy groups -OCH3 is 1. The summed E-state index contributed by atoms with van der Waals surface area (Å²) in [5, 5.41) is 10.6. The van der Waals surface area contributed by atoms with Gasteiger partial charge in [0.05, 0.1) is 24.7 Å². The van der Waals surface area contributed by atoms with Gasteiger partial charge in [-0.2, -0.15) is 0 Å². The predicted octanol–water partition coefficient (Wildman–Crippen LogP) is 2.64. The van der Waals surface area contributed by atoms with Crippen LogP contribution in [-0.4, -0.2) is 18.6 Å². The number of non-ortho nitro benzene ring substituents is 1. The van der Waals surface area contributed by atoms with Crippen molar-refractivity contribution < 1.29 is 14.4 Å². The lowest BCUT2D eigenvalue weighted by molar-refractivity contribution is -0.385. The van der Waals surface area contributed by atoms with Crippen molar-refractivity contribution in [2.24, 2.45) is 5.92 Å². The standard InChI is InChI=1S/C11H15NO4/c1-8(2)7-16-11-6-9(12(13)14)4-5-10(11)15-3/h4-6,8H,7H2,1-3H3. The van der Waals surface area contributed by atoms with E-state index in [9.17, 15) is 10.1 Å². The van der Waals surface area contributed by atoms with Crippen LogP contribution in [0, 0.1) is 16.0 Å². The van der Waals surface area contributed by atoms with Crippen LogP contribution in [0.25, 0.3) is 0 Å². The zero-order chi connectivity index (χ0) is 12.1. The first-order chi connectivity index (χ1) is 7.54. The average molecular weight is 225 g/mol. The van der Waals surface area contributed by atoms with E-state index in [0.717, 1.165) is 0 Å². The topological polar surface area (TPSA) is 61.6 Å². The summed E-state index contributed by atoms with van der Waals surface area (Å²) in [6.07, 6.45) is 0. The van der Waals surface area contributed by atoms with Crippen LogP contribution in [0.3, 0.4) is 0 Å². The van der Waals surface area contributed by atoms with Crippen molar-refractivity contribution in [2.75, 3.05) is 13.7 Å². The fourth-order valence-electron chi connectivity index (χ4n) is 1.15. The van der Waals surface area contributed by atoms with Gasteiger partial charge in [-0.1, -0.05) is 13.8 Å². The molecule has 1 aromatic rings.